The molecule has 0 spiro atoms. The van der Waals surface area contributed by atoms with Gasteiger partial charge >= 0.3 is 0 Å². The van der Waals surface area contributed by atoms with Gasteiger partial charge in [0.1, 0.15) is 0 Å². The van der Waals surface area contributed by atoms with E-state index in [2.05, 4.69) is 35.6 Å². The molecule has 1 aromatic rings. The summed E-state index contributed by atoms with van der Waals surface area (Å²) in [5.74, 6) is 0. The Balaban J connectivity index is 2.01. The van der Waals surface area contributed by atoms with Crippen LogP contribution in [0.3, 0.4) is 0 Å². The second-order valence-corrected chi connectivity index (χ2v) is 4.95. The van der Waals surface area contributed by atoms with Crippen molar-refractivity contribution in [3.8, 4) is 0 Å². The Bertz CT molecular complexity index is 339. The van der Waals surface area contributed by atoms with Gasteiger partial charge in [-0.1, -0.05) is 13.3 Å². The molecule has 90 valence electrons. The average molecular weight is 221 g/mol. The van der Waals surface area contributed by atoms with Crippen LogP contribution in [0.4, 0.5) is 0 Å². The predicted octanol–water partition coefficient (Wildman–Crippen LogP) is 2.59. The third kappa shape index (κ3) is 2.64. The molecule has 1 saturated carbocycles. The number of aryl methyl sites for hydroxylation is 1. The molecule has 16 heavy (non-hydrogen) atoms. The molecule has 0 saturated heterocycles. The van der Waals surface area contributed by atoms with Crippen LogP contribution in [0.5, 0.6) is 0 Å². The van der Waals surface area contributed by atoms with Crippen molar-refractivity contribution in [1.82, 2.24) is 14.9 Å². The van der Waals surface area contributed by atoms with Crippen LogP contribution in [-0.4, -0.2) is 22.1 Å². The van der Waals surface area contributed by atoms with Gasteiger partial charge in [-0.2, -0.15) is 0 Å². The van der Waals surface area contributed by atoms with Crippen molar-refractivity contribution >= 4 is 0 Å². The number of hydrogen-bond donors (Lipinski definition) is 1. The molecule has 0 amide bonds. The largest absolute Gasteiger partial charge is 0.330 e. The third-order valence-corrected chi connectivity index (χ3v) is 3.52. The van der Waals surface area contributed by atoms with Crippen molar-refractivity contribution < 1.29 is 0 Å². The summed E-state index contributed by atoms with van der Waals surface area (Å²) in [6.45, 7) is 7.60. The first-order valence-electron chi connectivity index (χ1n) is 6.45. The van der Waals surface area contributed by atoms with E-state index < -0.39 is 0 Å². The molecule has 1 aliphatic carbocycles. The normalized spacial score (nSPS) is 17.7. The maximum Gasteiger partial charge on any atom is 0.0954 e. The second kappa shape index (κ2) is 5.00. The standard InChI is InChI=1S/C13H23N3/c1-4-5-13(8-14-12-6-7-12)16-9-15-10(2)11(16)3/h9,12-14H,4-8H2,1-3H3. The van der Waals surface area contributed by atoms with E-state index in [0.717, 1.165) is 18.3 Å². The fourth-order valence-electron chi connectivity index (χ4n) is 2.15. The van der Waals surface area contributed by atoms with E-state index in [1.54, 1.807) is 0 Å². The summed E-state index contributed by atoms with van der Waals surface area (Å²) < 4.78 is 2.34. The van der Waals surface area contributed by atoms with Gasteiger partial charge in [-0.25, -0.2) is 4.98 Å². The van der Waals surface area contributed by atoms with Crippen LogP contribution in [0.2, 0.25) is 0 Å². The SMILES string of the molecule is CCCC(CNC1CC1)n1cnc(C)c1C. The number of hydrogen-bond acceptors (Lipinski definition) is 2. The Morgan fingerprint density at radius 3 is 2.75 bits per heavy atom. The zero-order chi connectivity index (χ0) is 11.5. The molecule has 0 radical (unpaired) electrons. The highest BCUT2D eigenvalue weighted by Gasteiger charge is 2.22. The molecule has 3 nitrogen and oxygen atoms in total. The van der Waals surface area contributed by atoms with Gasteiger partial charge in [0, 0.05) is 24.3 Å². The number of rotatable bonds is 6. The lowest BCUT2D eigenvalue weighted by atomic mass is 10.1. The molecule has 1 atom stereocenters. The summed E-state index contributed by atoms with van der Waals surface area (Å²) in [5, 5.41) is 3.63. The number of nitrogens with zero attached hydrogens (tertiary/aromatic N) is 2. The molecule has 1 unspecified atom stereocenters. The summed E-state index contributed by atoms with van der Waals surface area (Å²) in [7, 11) is 0. The van der Waals surface area contributed by atoms with Crippen LogP contribution in [-0.2, 0) is 0 Å². The molecule has 0 aromatic carbocycles. The lowest BCUT2D eigenvalue weighted by Crippen LogP contribution is -2.27. The molecule has 1 N–H and O–H groups in total. The Hall–Kier alpha value is -0.830. The van der Waals surface area contributed by atoms with Crippen molar-refractivity contribution in [3.63, 3.8) is 0 Å². The van der Waals surface area contributed by atoms with E-state index in [9.17, 15) is 0 Å². The van der Waals surface area contributed by atoms with Crippen molar-refractivity contribution in [2.24, 2.45) is 0 Å². The monoisotopic (exact) mass is 221 g/mol. The Kier molecular flexibility index (Phi) is 3.64. The summed E-state index contributed by atoms with van der Waals surface area (Å²) >= 11 is 0. The van der Waals surface area contributed by atoms with Gasteiger partial charge in [0.2, 0.25) is 0 Å². The first-order chi connectivity index (χ1) is 7.72. The fourth-order valence-corrected chi connectivity index (χ4v) is 2.15. The van der Waals surface area contributed by atoms with Gasteiger partial charge in [-0.15, -0.1) is 0 Å². The van der Waals surface area contributed by atoms with Crippen LogP contribution in [0.25, 0.3) is 0 Å². The lowest BCUT2D eigenvalue weighted by molar-refractivity contribution is 0.420. The quantitative estimate of drug-likeness (QED) is 0.800. The molecule has 1 aromatic heterocycles. The Labute approximate surface area is 98.3 Å². The van der Waals surface area contributed by atoms with Crippen LogP contribution >= 0.6 is 0 Å². The molecular formula is C13H23N3. The fraction of sp³-hybridized carbons (Fsp3) is 0.769. The summed E-state index contributed by atoms with van der Waals surface area (Å²) in [4.78, 5) is 4.40. The highest BCUT2D eigenvalue weighted by molar-refractivity contribution is 5.10. The van der Waals surface area contributed by atoms with Crippen molar-refractivity contribution in [1.29, 1.82) is 0 Å². The second-order valence-electron chi connectivity index (χ2n) is 4.95. The third-order valence-electron chi connectivity index (χ3n) is 3.52. The van der Waals surface area contributed by atoms with Crippen LogP contribution in [0.15, 0.2) is 6.33 Å². The number of nitrogens with one attached hydrogen (secondary N) is 1. The molecule has 1 heterocycles. The van der Waals surface area contributed by atoms with E-state index in [4.69, 9.17) is 0 Å². The van der Waals surface area contributed by atoms with E-state index >= 15 is 0 Å². The van der Waals surface area contributed by atoms with Crippen LogP contribution in [0.1, 0.15) is 50.0 Å². The smallest absolute Gasteiger partial charge is 0.0954 e. The van der Waals surface area contributed by atoms with Gasteiger partial charge in [0.05, 0.1) is 12.0 Å². The molecule has 0 aliphatic heterocycles. The van der Waals surface area contributed by atoms with E-state index in [1.807, 2.05) is 6.33 Å². The molecular weight excluding hydrogens is 198 g/mol. The zero-order valence-electron chi connectivity index (χ0n) is 10.7. The van der Waals surface area contributed by atoms with Gasteiger partial charge < -0.3 is 9.88 Å². The topological polar surface area (TPSA) is 29.9 Å². The Morgan fingerprint density at radius 2 is 2.25 bits per heavy atom. The van der Waals surface area contributed by atoms with Crippen LogP contribution in [0, 0.1) is 13.8 Å². The molecule has 3 heteroatoms. The van der Waals surface area contributed by atoms with E-state index in [1.165, 1.54) is 31.4 Å². The van der Waals surface area contributed by atoms with Gasteiger partial charge in [-0.05, 0) is 33.1 Å². The predicted molar refractivity (Wildman–Crippen MR) is 66.7 cm³/mol. The molecule has 1 aliphatic rings. The molecule has 0 bridgehead atoms. The minimum atomic E-state index is 0.576. The first kappa shape index (κ1) is 11.6. The highest BCUT2D eigenvalue weighted by Crippen LogP contribution is 2.22. The van der Waals surface area contributed by atoms with Crippen LogP contribution < -0.4 is 5.32 Å². The minimum absolute atomic E-state index is 0.576. The van der Waals surface area contributed by atoms with E-state index in [-0.39, 0.29) is 0 Å². The van der Waals surface area contributed by atoms with Gasteiger partial charge in [0.25, 0.3) is 0 Å². The Morgan fingerprint density at radius 1 is 1.50 bits per heavy atom. The maximum absolute atomic E-state index is 4.40. The molecule has 1 fully saturated rings. The zero-order valence-corrected chi connectivity index (χ0v) is 10.7. The van der Waals surface area contributed by atoms with E-state index in [0.29, 0.717) is 6.04 Å². The maximum atomic E-state index is 4.40. The highest BCUT2D eigenvalue weighted by atomic mass is 15.1. The first-order valence-corrected chi connectivity index (χ1v) is 6.45. The number of imidazole rings is 1. The van der Waals surface area contributed by atoms with Crippen molar-refractivity contribution in [3.05, 3.63) is 17.7 Å². The molecule has 2 rings (SSSR count). The van der Waals surface area contributed by atoms with Crippen molar-refractivity contribution in [2.75, 3.05) is 6.54 Å². The summed E-state index contributed by atoms with van der Waals surface area (Å²) in [5.41, 5.74) is 2.48. The average Bonchev–Trinajstić information content (AvgIpc) is 3.03. The minimum Gasteiger partial charge on any atom is -0.330 e. The summed E-state index contributed by atoms with van der Waals surface area (Å²) in [6.07, 6.45) is 7.19. The number of aromatic nitrogens is 2. The van der Waals surface area contributed by atoms with Gasteiger partial charge in [0.15, 0.2) is 0 Å². The summed E-state index contributed by atoms with van der Waals surface area (Å²) in [6, 6.07) is 1.37. The lowest BCUT2D eigenvalue weighted by Gasteiger charge is -2.20. The van der Waals surface area contributed by atoms with Crippen molar-refractivity contribution in [2.45, 2.75) is 58.5 Å². The van der Waals surface area contributed by atoms with Gasteiger partial charge in [-0.3, -0.25) is 0 Å².